The number of halogens is 3. The summed E-state index contributed by atoms with van der Waals surface area (Å²) in [5.74, 6) is -1.46. The van der Waals surface area contributed by atoms with E-state index in [0.717, 1.165) is 23.4 Å². The van der Waals surface area contributed by atoms with E-state index in [-0.39, 0.29) is 28.2 Å². The van der Waals surface area contributed by atoms with Gasteiger partial charge in [0.15, 0.2) is 5.11 Å². The maximum Gasteiger partial charge on any atom is 0.184 e. The lowest BCUT2D eigenvalue weighted by Crippen LogP contribution is -2.54. The van der Waals surface area contributed by atoms with E-state index in [4.69, 9.17) is 10.5 Å². The molecule has 0 amide bonds. The Morgan fingerprint density at radius 3 is 2.51 bits per heavy atom. The normalized spacial score (nSPS) is 16.3. The fourth-order valence-corrected chi connectivity index (χ4v) is 4.30. The minimum Gasteiger partial charge on any atom is -0.375 e. The van der Waals surface area contributed by atoms with Crippen molar-refractivity contribution in [1.82, 2.24) is 10.3 Å². The van der Waals surface area contributed by atoms with E-state index in [2.05, 4.69) is 27.6 Å². The fraction of sp³-hybridized carbons (Fsp3) is 0.259. The van der Waals surface area contributed by atoms with Crippen LogP contribution in [0.3, 0.4) is 0 Å². The van der Waals surface area contributed by atoms with Gasteiger partial charge in [0.05, 0.1) is 31.2 Å². The SMILES string of the molecule is NC(=S)N/N=C/c1cc(F)c(N2CCN(Cc3ccc(F)cc3)[C@@H](COCc3ccccc3)C2)cc1F. The van der Waals surface area contributed by atoms with Gasteiger partial charge in [-0.15, -0.1) is 0 Å². The molecule has 1 saturated heterocycles. The number of hydrogen-bond donors (Lipinski definition) is 2. The summed E-state index contributed by atoms with van der Waals surface area (Å²) in [6, 6.07) is 18.4. The summed E-state index contributed by atoms with van der Waals surface area (Å²) in [5.41, 5.74) is 9.78. The summed E-state index contributed by atoms with van der Waals surface area (Å²) >= 11 is 4.65. The zero-order chi connectivity index (χ0) is 26.2. The lowest BCUT2D eigenvalue weighted by molar-refractivity contribution is 0.0411. The van der Waals surface area contributed by atoms with Crippen molar-refractivity contribution in [2.75, 3.05) is 31.1 Å². The van der Waals surface area contributed by atoms with Gasteiger partial charge in [0.25, 0.3) is 0 Å². The first kappa shape index (κ1) is 26.6. The Labute approximate surface area is 219 Å². The highest BCUT2D eigenvalue weighted by molar-refractivity contribution is 7.80. The molecule has 4 rings (SSSR count). The van der Waals surface area contributed by atoms with Crippen LogP contribution >= 0.6 is 12.2 Å². The Balaban J connectivity index is 1.49. The Morgan fingerprint density at radius 2 is 1.78 bits per heavy atom. The number of nitrogens with two attached hydrogens (primary N) is 1. The molecule has 1 aliphatic rings. The average molecular weight is 528 g/mol. The molecule has 1 atom stereocenters. The largest absolute Gasteiger partial charge is 0.375 e. The van der Waals surface area contributed by atoms with E-state index < -0.39 is 11.6 Å². The second-order valence-electron chi connectivity index (χ2n) is 8.76. The maximum atomic E-state index is 15.1. The van der Waals surface area contributed by atoms with Crippen molar-refractivity contribution in [3.63, 3.8) is 0 Å². The lowest BCUT2D eigenvalue weighted by Gasteiger charge is -2.42. The van der Waals surface area contributed by atoms with E-state index in [0.29, 0.717) is 39.4 Å². The number of nitrogens with zero attached hydrogens (tertiary/aromatic N) is 3. The van der Waals surface area contributed by atoms with Gasteiger partial charge in [0.1, 0.15) is 17.5 Å². The van der Waals surface area contributed by atoms with E-state index in [1.807, 2.05) is 35.2 Å². The number of nitrogens with one attached hydrogen (secondary N) is 1. The van der Waals surface area contributed by atoms with Crippen molar-refractivity contribution in [3.05, 3.63) is 101 Å². The third-order valence-electron chi connectivity index (χ3n) is 6.11. The summed E-state index contributed by atoms with van der Waals surface area (Å²) in [7, 11) is 0. The summed E-state index contributed by atoms with van der Waals surface area (Å²) in [6.07, 6.45) is 1.13. The van der Waals surface area contributed by atoms with Crippen molar-refractivity contribution in [1.29, 1.82) is 0 Å². The van der Waals surface area contributed by atoms with Crippen LogP contribution in [0, 0.1) is 17.5 Å². The summed E-state index contributed by atoms with van der Waals surface area (Å²) in [5, 5.41) is 3.63. The number of hydrogen-bond acceptors (Lipinski definition) is 5. The number of rotatable bonds is 9. The van der Waals surface area contributed by atoms with Crippen LogP contribution in [0.2, 0.25) is 0 Å². The molecule has 3 aromatic carbocycles. The van der Waals surface area contributed by atoms with Gasteiger partial charge in [0, 0.05) is 37.8 Å². The predicted octanol–water partition coefficient (Wildman–Crippen LogP) is 4.18. The van der Waals surface area contributed by atoms with Crippen LogP contribution in [-0.4, -0.2) is 48.5 Å². The molecule has 3 N–H and O–H groups in total. The lowest BCUT2D eigenvalue weighted by atomic mass is 10.1. The quantitative estimate of drug-likeness (QED) is 0.247. The zero-order valence-corrected chi connectivity index (χ0v) is 20.9. The van der Waals surface area contributed by atoms with Gasteiger partial charge < -0.3 is 15.4 Å². The first-order valence-corrected chi connectivity index (χ1v) is 12.2. The van der Waals surface area contributed by atoms with Crippen molar-refractivity contribution < 1.29 is 17.9 Å². The number of hydrazone groups is 1. The van der Waals surface area contributed by atoms with Gasteiger partial charge in [-0.1, -0.05) is 42.5 Å². The van der Waals surface area contributed by atoms with Gasteiger partial charge in [-0.2, -0.15) is 5.10 Å². The molecular weight excluding hydrogens is 499 g/mol. The van der Waals surface area contributed by atoms with Gasteiger partial charge in [-0.25, -0.2) is 13.2 Å². The van der Waals surface area contributed by atoms with E-state index in [1.54, 1.807) is 12.1 Å². The van der Waals surface area contributed by atoms with Gasteiger partial charge in [-0.05, 0) is 41.5 Å². The molecule has 6 nitrogen and oxygen atoms in total. The Hall–Kier alpha value is -3.47. The third-order valence-corrected chi connectivity index (χ3v) is 6.20. The molecule has 0 aliphatic carbocycles. The molecule has 0 radical (unpaired) electrons. The highest BCUT2D eigenvalue weighted by atomic mass is 32.1. The molecule has 0 unspecified atom stereocenters. The fourth-order valence-electron chi connectivity index (χ4n) is 4.25. The molecular formula is C27H28F3N5OS. The van der Waals surface area contributed by atoms with Crippen molar-refractivity contribution in [2.24, 2.45) is 10.8 Å². The highest BCUT2D eigenvalue weighted by Gasteiger charge is 2.29. The molecule has 37 heavy (non-hydrogen) atoms. The molecule has 0 saturated carbocycles. The molecule has 1 aliphatic heterocycles. The second kappa shape index (κ2) is 12.7. The van der Waals surface area contributed by atoms with Crippen molar-refractivity contribution in [3.8, 4) is 0 Å². The van der Waals surface area contributed by atoms with Gasteiger partial charge in [0.2, 0.25) is 0 Å². The molecule has 1 heterocycles. The number of thiocarbonyl (C=S) groups is 1. The molecule has 0 aromatic heterocycles. The summed E-state index contributed by atoms with van der Waals surface area (Å²) < 4.78 is 49.2. The van der Waals surface area contributed by atoms with Crippen molar-refractivity contribution in [2.45, 2.75) is 19.2 Å². The van der Waals surface area contributed by atoms with Crippen LogP contribution < -0.4 is 16.1 Å². The standard InChI is InChI=1S/C27H28F3N5OS/c28-22-8-6-19(7-9-22)15-34-10-11-35(16-23(34)18-36-17-20-4-2-1-3-5-20)26-13-24(29)21(12-25(26)30)14-32-33-27(31)37/h1-9,12-14,23H,10-11,15-18H2,(H3,31,33,37)/b32-14+/t23-/m1/s1. The minimum atomic E-state index is -0.615. The minimum absolute atomic E-state index is 0.0253. The zero-order valence-electron chi connectivity index (χ0n) is 20.1. The van der Waals surface area contributed by atoms with Crippen molar-refractivity contribution >= 4 is 29.2 Å². The maximum absolute atomic E-state index is 15.1. The highest BCUT2D eigenvalue weighted by Crippen LogP contribution is 2.26. The predicted molar refractivity (Wildman–Crippen MR) is 143 cm³/mol. The smallest absolute Gasteiger partial charge is 0.184 e. The number of piperazine rings is 1. The Kier molecular flexibility index (Phi) is 9.10. The number of anilines is 1. The molecule has 1 fully saturated rings. The van der Waals surface area contributed by atoms with Crippen LogP contribution in [0.15, 0.2) is 71.8 Å². The molecule has 0 spiro atoms. The van der Waals surface area contributed by atoms with Gasteiger partial charge >= 0.3 is 0 Å². The molecule has 10 heteroatoms. The Bertz CT molecular complexity index is 1230. The second-order valence-corrected chi connectivity index (χ2v) is 9.20. The first-order chi connectivity index (χ1) is 17.9. The monoisotopic (exact) mass is 527 g/mol. The number of benzene rings is 3. The average Bonchev–Trinajstić information content (AvgIpc) is 2.88. The van der Waals surface area contributed by atoms with E-state index in [9.17, 15) is 8.78 Å². The number of ether oxygens (including phenoxy) is 1. The first-order valence-electron chi connectivity index (χ1n) is 11.8. The van der Waals surface area contributed by atoms with Gasteiger partial charge in [-0.3, -0.25) is 10.3 Å². The van der Waals surface area contributed by atoms with E-state index >= 15 is 4.39 Å². The van der Waals surface area contributed by atoms with Crippen LogP contribution in [0.4, 0.5) is 18.9 Å². The Morgan fingerprint density at radius 1 is 1.03 bits per heavy atom. The molecule has 3 aromatic rings. The third kappa shape index (κ3) is 7.51. The van der Waals surface area contributed by atoms with Crippen LogP contribution in [0.25, 0.3) is 0 Å². The summed E-state index contributed by atoms with van der Waals surface area (Å²) in [4.78, 5) is 4.05. The summed E-state index contributed by atoms with van der Waals surface area (Å²) in [6.45, 7) is 2.95. The topological polar surface area (TPSA) is 66.1 Å². The van der Waals surface area contributed by atoms with Crippen LogP contribution in [0.5, 0.6) is 0 Å². The van der Waals surface area contributed by atoms with Crippen LogP contribution in [-0.2, 0) is 17.9 Å². The molecule has 0 bridgehead atoms. The van der Waals surface area contributed by atoms with Crippen LogP contribution in [0.1, 0.15) is 16.7 Å². The molecule has 194 valence electrons. The van der Waals surface area contributed by atoms with E-state index in [1.165, 1.54) is 18.2 Å².